The van der Waals surface area contributed by atoms with Crippen molar-refractivity contribution in [2.45, 2.75) is 129 Å². The molecule has 0 aliphatic carbocycles. The van der Waals surface area contributed by atoms with Gasteiger partial charge in [0.2, 0.25) is 0 Å². The third-order valence-electron chi connectivity index (χ3n) is 5.22. The summed E-state index contributed by atoms with van der Waals surface area (Å²) in [5, 5.41) is 3.16. The van der Waals surface area contributed by atoms with Crippen LogP contribution in [0.1, 0.15) is 118 Å². The maximum atomic E-state index is 10.7. The summed E-state index contributed by atoms with van der Waals surface area (Å²) in [5.74, 6) is 0. The van der Waals surface area contributed by atoms with E-state index in [9.17, 15) is 4.91 Å². The Morgan fingerprint density at radius 1 is 0.750 bits per heavy atom. The van der Waals surface area contributed by atoms with E-state index in [1.165, 1.54) is 64.2 Å². The second kappa shape index (κ2) is 13.8. The number of hydrogen-bond acceptors (Lipinski definition) is 3. The molecule has 0 aliphatic rings. The molecule has 0 aromatic rings. The van der Waals surface area contributed by atoms with Crippen LogP contribution in [0.25, 0.3) is 0 Å². The van der Waals surface area contributed by atoms with Gasteiger partial charge in [0.1, 0.15) is 0 Å². The van der Waals surface area contributed by atoms with Crippen molar-refractivity contribution in [2.24, 2.45) is 5.18 Å². The van der Waals surface area contributed by atoms with Crippen molar-refractivity contribution < 1.29 is 4.74 Å². The van der Waals surface area contributed by atoms with Crippen molar-refractivity contribution in [2.75, 3.05) is 6.61 Å². The molecule has 144 valence electrons. The van der Waals surface area contributed by atoms with Gasteiger partial charge in [-0.2, -0.15) is 4.91 Å². The van der Waals surface area contributed by atoms with Crippen LogP contribution in [0.15, 0.2) is 5.18 Å². The lowest BCUT2D eigenvalue weighted by Crippen LogP contribution is -2.30. The second-order valence-electron chi connectivity index (χ2n) is 8.24. The summed E-state index contributed by atoms with van der Waals surface area (Å²) >= 11 is 0. The molecule has 1 atom stereocenters. The van der Waals surface area contributed by atoms with Crippen LogP contribution in [-0.4, -0.2) is 17.7 Å². The van der Waals surface area contributed by atoms with Crippen LogP contribution in [0.5, 0.6) is 0 Å². The van der Waals surface area contributed by atoms with Crippen molar-refractivity contribution >= 4 is 0 Å². The molecule has 1 unspecified atom stereocenters. The average Bonchev–Trinajstić information content (AvgIpc) is 2.56. The molecule has 0 aromatic heterocycles. The molecule has 0 amide bonds. The zero-order valence-corrected chi connectivity index (χ0v) is 17.2. The highest BCUT2D eigenvalue weighted by Gasteiger charge is 2.24. The summed E-state index contributed by atoms with van der Waals surface area (Å²) in [6.07, 6.45) is 16.5. The smallest absolute Gasteiger partial charge is 0.0992 e. The summed E-state index contributed by atoms with van der Waals surface area (Å²) in [5.41, 5.74) is -0.551. The van der Waals surface area contributed by atoms with E-state index in [-0.39, 0.29) is 5.60 Å². The normalized spacial score (nSPS) is 14.5. The fourth-order valence-electron chi connectivity index (χ4n) is 2.93. The van der Waals surface area contributed by atoms with E-state index in [1.54, 1.807) is 0 Å². The Morgan fingerprint density at radius 2 is 1.25 bits per heavy atom. The van der Waals surface area contributed by atoms with Gasteiger partial charge >= 0.3 is 0 Å². The molecule has 0 aliphatic heterocycles. The molecule has 24 heavy (non-hydrogen) atoms. The molecule has 3 heteroatoms. The fourth-order valence-corrected chi connectivity index (χ4v) is 2.93. The Hall–Kier alpha value is -0.440. The van der Waals surface area contributed by atoms with Crippen LogP contribution in [0.2, 0.25) is 0 Å². The predicted molar refractivity (Wildman–Crippen MR) is 106 cm³/mol. The standard InChI is InChI=1S/C21H43NO2/c1-6-8-9-10-11-12-13-14-15-16-17-21(5,7-2)24-19-18-20(3,4)22-23/h6-19H2,1-5H3. The third-order valence-corrected chi connectivity index (χ3v) is 5.22. The highest BCUT2D eigenvalue weighted by Crippen LogP contribution is 2.25. The maximum Gasteiger partial charge on any atom is 0.0992 e. The lowest BCUT2D eigenvalue weighted by molar-refractivity contribution is -0.0469. The molecule has 0 bridgehead atoms. The summed E-state index contributed by atoms with van der Waals surface area (Å²) in [7, 11) is 0. The Labute approximate surface area is 151 Å². The van der Waals surface area contributed by atoms with Gasteiger partial charge in [-0.25, -0.2) is 0 Å². The molecule has 0 fully saturated rings. The van der Waals surface area contributed by atoms with Gasteiger partial charge in [0.25, 0.3) is 0 Å². The number of ether oxygens (including phenoxy) is 1. The second-order valence-corrected chi connectivity index (χ2v) is 8.24. The minimum absolute atomic E-state index is 0.0425. The molecule has 0 N–H and O–H groups in total. The number of nitroso groups, excluding NO2 is 1. The minimum atomic E-state index is -0.508. The first-order valence-corrected chi connectivity index (χ1v) is 10.4. The quantitative estimate of drug-likeness (QED) is 0.204. The van der Waals surface area contributed by atoms with Gasteiger partial charge in [-0.15, -0.1) is 0 Å². The number of rotatable bonds is 17. The van der Waals surface area contributed by atoms with Crippen LogP contribution >= 0.6 is 0 Å². The van der Waals surface area contributed by atoms with Gasteiger partial charge < -0.3 is 4.74 Å². The lowest BCUT2D eigenvalue weighted by atomic mass is 9.94. The van der Waals surface area contributed by atoms with Crippen molar-refractivity contribution in [3.63, 3.8) is 0 Å². The first-order chi connectivity index (χ1) is 11.4. The predicted octanol–water partition coefficient (Wildman–Crippen LogP) is 7.42. The van der Waals surface area contributed by atoms with Gasteiger partial charge in [-0.3, -0.25) is 0 Å². The highest BCUT2D eigenvalue weighted by atomic mass is 16.5. The monoisotopic (exact) mass is 341 g/mol. The topological polar surface area (TPSA) is 38.7 Å². The Balaban J connectivity index is 3.67. The van der Waals surface area contributed by atoms with E-state index < -0.39 is 5.54 Å². The largest absolute Gasteiger partial charge is 0.375 e. The Kier molecular flexibility index (Phi) is 13.6. The summed E-state index contributed by atoms with van der Waals surface area (Å²) in [6, 6.07) is 0. The van der Waals surface area contributed by atoms with Crippen molar-refractivity contribution in [3.05, 3.63) is 4.91 Å². The van der Waals surface area contributed by atoms with Crippen LogP contribution in [0.3, 0.4) is 0 Å². The van der Waals surface area contributed by atoms with Crippen molar-refractivity contribution in [1.82, 2.24) is 0 Å². The zero-order chi connectivity index (χ0) is 18.3. The Morgan fingerprint density at radius 3 is 1.71 bits per heavy atom. The minimum Gasteiger partial charge on any atom is -0.375 e. The van der Waals surface area contributed by atoms with Gasteiger partial charge in [-0.1, -0.05) is 83.2 Å². The summed E-state index contributed by atoms with van der Waals surface area (Å²) in [6.45, 7) is 11.0. The van der Waals surface area contributed by atoms with Gasteiger partial charge in [0, 0.05) is 6.61 Å². The van der Waals surface area contributed by atoms with E-state index in [0.717, 1.165) is 12.8 Å². The molecule has 0 spiro atoms. The Bertz CT molecular complexity index is 304. The maximum absolute atomic E-state index is 10.7. The molecular formula is C21H43NO2. The summed E-state index contributed by atoms with van der Waals surface area (Å²) < 4.78 is 6.10. The average molecular weight is 342 g/mol. The van der Waals surface area contributed by atoms with E-state index in [0.29, 0.717) is 13.0 Å². The van der Waals surface area contributed by atoms with Crippen LogP contribution in [0.4, 0.5) is 0 Å². The first kappa shape index (κ1) is 23.6. The van der Waals surface area contributed by atoms with E-state index >= 15 is 0 Å². The van der Waals surface area contributed by atoms with Crippen LogP contribution in [0, 0.1) is 4.91 Å². The summed E-state index contributed by atoms with van der Waals surface area (Å²) in [4.78, 5) is 10.7. The van der Waals surface area contributed by atoms with E-state index in [2.05, 4.69) is 25.9 Å². The van der Waals surface area contributed by atoms with Gasteiger partial charge in [0.05, 0.1) is 11.1 Å². The fraction of sp³-hybridized carbons (Fsp3) is 1.00. The molecule has 3 nitrogen and oxygen atoms in total. The van der Waals surface area contributed by atoms with Crippen LogP contribution < -0.4 is 0 Å². The van der Waals surface area contributed by atoms with Gasteiger partial charge in [-0.05, 0) is 40.0 Å². The zero-order valence-electron chi connectivity index (χ0n) is 17.2. The van der Waals surface area contributed by atoms with E-state index in [4.69, 9.17) is 4.74 Å². The number of unbranched alkanes of at least 4 members (excludes halogenated alkanes) is 9. The molecular weight excluding hydrogens is 298 g/mol. The van der Waals surface area contributed by atoms with Crippen LogP contribution in [-0.2, 0) is 4.74 Å². The third kappa shape index (κ3) is 12.9. The highest BCUT2D eigenvalue weighted by molar-refractivity contribution is 4.78. The molecule has 0 saturated carbocycles. The molecule has 0 saturated heterocycles. The van der Waals surface area contributed by atoms with E-state index in [1.807, 2.05) is 13.8 Å². The van der Waals surface area contributed by atoms with Gasteiger partial charge in [0.15, 0.2) is 0 Å². The SMILES string of the molecule is CCCCCCCCCCCCC(C)(CC)OCCC(C)(C)N=O. The first-order valence-electron chi connectivity index (χ1n) is 10.4. The molecule has 0 heterocycles. The van der Waals surface area contributed by atoms with Crippen molar-refractivity contribution in [1.29, 1.82) is 0 Å². The lowest BCUT2D eigenvalue weighted by Gasteiger charge is -2.30. The number of nitrogens with zero attached hydrogens (tertiary/aromatic N) is 1. The number of hydrogen-bond donors (Lipinski definition) is 0. The molecule has 0 aromatic carbocycles. The molecule has 0 rings (SSSR count). The molecule has 0 radical (unpaired) electrons. The van der Waals surface area contributed by atoms with Crippen molar-refractivity contribution in [3.8, 4) is 0 Å².